The number of thioether (sulfide) groups is 1. The van der Waals surface area contributed by atoms with Crippen LogP contribution in [0.5, 0.6) is 0 Å². The lowest BCUT2D eigenvalue weighted by Gasteiger charge is -2.34. The van der Waals surface area contributed by atoms with Crippen molar-refractivity contribution < 1.29 is 0 Å². The third-order valence-corrected chi connectivity index (χ3v) is 11.3. The van der Waals surface area contributed by atoms with Crippen LogP contribution in [-0.2, 0) is 25.7 Å². The first-order valence-electron chi connectivity index (χ1n) is 19.3. The maximum atomic E-state index is 4.61. The number of hydrogen-bond acceptors (Lipinski definition) is 4. The Hall–Kier alpha value is -4.15. The van der Waals surface area contributed by atoms with E-state index in [-0.39, 0.29) is 0 Å². The highest BCUT2D eigenvalue weighted by Gasteiger charge is 2.22. The van der Waals surface area contributed by atoms with Gasteiger partial charge in [0.25, 0.3) is 0 Å². The number of hydrogen-bond donors (Lipinski definition) is 1. The Morgan fingerprint density at radius 1 is 0.808 bits per heavy atom. The van der Waals surface area contributed by atoms with Crippen molar-refractivity contribution in [1.29, 1.82) is 0 Å². The summed E-state index contributed by atoms with van der Waals surface area (Å²) in [7, 11) is 0. The topological polar surface area (TPSA) is 18.5 Å². The van der Waals surface area contributed by atoms with Crippen LogP contribution >= 0.6 is 11.8 Å². The summed E-state index contributed by atoms with van der Waals surface area (Å²) < 4.78 is 0. The van der Waals surface area contributed by atoms with E-state index in [1.165, 1.54) is 61.6 Å². The molecular weight excluding hydrogens is 651 g/mol. The molecule has 0 fully saturated rings. The second-order valence-electron chi connectivity index (χ2n) is 14.5. The highest BCUT2D eigenvalue weighted by molar-refractivity contribution is 8.03. The number of nitrogens with one attached hydrogen (secondary N) is 1. The molecule has 0 saturated heterocycles. The Morgan fingerprint density at radius 2 is 1.50 bits per heavy atom. The van der Waals surface area contributed by atoms with Crippen LogP contribution in [0.15, 0.2) is 133 Å². The quantitative estimate of drug-likeness (QED) is 0.111. The molecule has 276 valence electrons. The van der Waals surface area contributed by atoms with E-state index < -0.39 is 0 Å². The van der Waals surface area contributed by atoms with Gasteiger partial charge in [0, 0.05) is 36.3 Å². The molecule has 5 rings (SSSR count). The van der Waals surface area contributed by atoms with Crippen LogP contribution in [0, 0.1) is 26.7 Å². The molecule has 4 aromatic carbocycles. The Bertz CT molecular complexity index is 1740. The molecule has 0 unspecified atom stereocenters. The van der Waals surface area contributed by atoms with E-state index in [2.05, 4.69) is 167 Å². The van der Waals surface area contributed by atoms with E-state index in [4.69, 9.17) is 0 Å². The number of fused-ring (bicyclic) bond motifs is 1. The maximum absolute atomic E-state index is 4.61. The van der Waals surface area contributed by atoms with Gasteiger partial charge < -0.3 is 15.1 Å². The van der Waals surface area contributed by atoms with Crippen molar-refractivity contribution >= 4 is 17.4 Å². The lowest BCUT2D eigenvalue weighted by atomic mass is 9.93. The third-order valence-electron chi connectivity index (χ3n) is 10.3. The Kier molecular flexibility index (Phi) is 16.2. The van der Waals surface area contributed by atoms with Crippen LogP contribution in [0.4, 0.5) is 5.69 Å². The van der Waals surface area contributed by atoms with Crippen molar-refractivity contribution in [3.8, 4) is 0 Å². The summed E-state index contributed by atoms with van der Waals surface area (Å²) in [6.07, 6.45) is 9.36. The molecule has 1 heterocycles. The SMILES string of the molecule is C=C1Sc2ccccc2N1CCC.C=CN[C@@H](Cc1ccccc1)[C@@H](C)CN(CCc1ccc(C)c(CCC)c1)C(=C)CCc1ccc(C)c(C)c1. The van der Waals surface area contributed by atoms with Crippen LogP contribution in [-0.4, -0.2) is 30.6 Å². The standard InChI is InChI=1S/C37H50N2.C11H13NS/c1-8-13-36-25-35(20-17-29(36)4)22-23-39(32(7)18-21-34-19-16-28(3)30(5)24-34)27-31(6)37(38-9-2)26-33-14-11-10-12-15-33;1-3-8-12-9(2)13-11-7-5-4-6-10(11)12/h9-12,14-17,19-20,24-25,31,37-38H,2,7-8,13,18,21-23,26-27H2,1,3-6H3;4-7H,2-3,8H2,1H3/t31-,37-;/m0./s1. The summed E-state index contributed by atoms with van der Waals surface area (Å²) >= 11 is 1.77. The fourth-order valence-electron chi connectivity index (χ4n) is 6.94. The third kappa shape index (κ3) is 12.0. The molecule has 0 spiro atoms. The summed E-state index contributed by atoms with van der Waals surface area (Å²) in [6.45, 7) is 29.1. The van der Waals surface area contributed by atoms with Gasteiger partial charge in [0.1, 0.15) is 0 Å². The van der Waals surface area contributed by atoms with E-state index in [1.807, 2.05) is 6.20 Å². The van der Waals surface area contributed by atoms with Gasteiger partial charge in [-0.2, -0.15) is 0 Å². The molecule has 52 heavy (non-hydrogen) atoms. The Balaban J connectivity index is 0.000000386. The van der Waals surface area contributed by atoms with Crippen molar-refractivity contribution in [1.82, 2.24) is 10.2 Å². The van der Waals surface area contributed by atoms with Gasteiger partial charge in [0.2, 0.25) is 0 Å². The molecule has 0 aromatic heterocycles. The number of allylic oxidation sites excluding steroid dienone is 1. The van der Waals surface area contributed by atoms with Crippen molar-refractivity contribution in [2.75, 3.05) is 24.5 Å². The molecule has 4 heteroatoms. The highest BCUT2D eigenvalue weighted by Crippen LogP contribution is 2.44. The van der Waals surface area contributed by atoms with Crippen molar-refractivity contribution in [2.24, 2.45) is 5.92 Å². The van der Waals surface area contributed by atoms with Crippen molar-refractivity contribution in [2.45, 2.75) is 97.4 Å². The highest BCUT2D eigenvalue weighted by atomic mass is 32.2. The van der Waals surface area contributed by atoms with Crippen molar-refractivity contribution in [3.63, 3.8) is 0 Å². The van der Waals surface area contributed by atoms with E-state index in [9.17, 15) is 0 Å². The normalized spacial score (nSPS) is 13.1. The van der Waals surface area contributed by atoms with Gasteiger partial charge in [0.15, 0.2) is 0 Å². The lowest BCUT2D eigenvalue weighted by molar-refractivity contribution is 0.256. The van der Waals surface area contributed by atoms with Crippen LogP contribution < -0.4 is 10.2 Å². The summed E-state index contributed by atoms with van der Waals surface area (Å²) in [5.74, 6) is 0.426. The molecule has 0 saturated carbocycles. The largest absolute Gasteiger partial charge is 0.388 e. The summed E-state index contributed by atoms with van der Waals surface area (Å²) in [5, 5.41) is 4.71. The first-order chi connectivity index (χ1) is 25.1. The van der Waals surface area contributed by atoms with Crippen LogP contribution in [0.1, 0.15) is 79.0 Å². The van der Waals surface area contributed by atoms with Gasteiger partial charge in [-0.25, -0.2) is 0 Å². The first-order valence-corrected chi connectivity index (χ1v) is 20.2. The molecule has 0 radical (unpaired) electrons. The maximum Gasteiger partial charge on any atom is 0.0728 e. The summed E-state index contributed by atoms with van der Waals surface area (Å²) in [5.41, 5.74) is 12.3. The number of aryl methyl sites for hydroxylation is 5. The number of nitrogens with zero attached hydrogens (tertiary/aromatic N) is 2. The fourth-order valence-corrected chi connectivity index (χ4v) is 7.92. The minimum absolute atomic E-state index is 0.315. The minimum atomic E-state index is 0.315. The van der Waals surface area contributed by atoms with Gasteiger partial charge in [0.05, 0.1) is 10.7 Å². The van der Waals surface area contributed by atoms with E-state index in [0.717, 1.165) is 63.2 Å². The summed E-state index contributed by atoms with van der Waals surface area (Å²) in [6, 6.07) is 33.4. The predicted molar refractivity (Wildman–Crippen MR) is 229 cm³/mol. The minimum Gasteiger partial charge on any atom is -0.388 e. The second-order valence-corrected chi connectivity index (χ2v) is 15.6. The molecular formula is C48H63N3S. The van der Waals surface area contributed by atoms with E-state index >= 15 is 0 Å². The summed E-state index contributed by atoms with van der Waals surface area (Å²) in [4.78, 5) is 6.18. The number of para-hydroxylation sites is 1. The zero-order valence-electron chi connectivity index (χ0n) is 32.9. The van der Waals surface area contributed by atoms with E-state index in [0.29, 0.717) is 12.0 Å². The van der Waals surface area contributed by atoms with Crippen LogP contribution in [0.2, 0.25) is 0 Å². The monoisotopic (exact) mass is 713 g/mol. The molecule has 1 N–H and O–H groups in total. The van der Waals surface area contributed by atoms with Crippen molar-refractivity contribution in [3.05, 3.63) is 167 Å². The lowest BCUT2D eigenvalue weighted by Crippen LogP contribution is -2.41. The first kappa shape index (κ1) is 40.6. The number of benzene rings is 4. The second kappa shape index (κ2) is 20.8. The molecule has 0 aliphatic carbocycles. The zero-order chi connectivity index (χ0) is 37.5. The average molecular weight is 714 g/mol. The van der Waals surface area contributed by atoms with Gasteiger partial charge in [-0.1, -0.05) is 138 Å². The number of anilines is 1. The molecule has 1 aliphatic rings. The smallest absolute Gasteiger partial charge is 0.0728 e. The Labute approximate surface area is 320 Å². The van der Waals surface area contributed by atoms with Gasteiger partial charge >= 0.3 is 0 Å². The molecule has 0 bridgehead atoms. The molecule has 3 nitrogen and oxygen atoms in total. The average Bonchev–Trinajstić information content (AvgIpc) is 3.46. The van der Waals surface area contributed by atoms with Crippen LogP contribution in [0.25, 0.3) is 0 Å². The van der Waals surface area contributed by atoms with Gasteiger partial charge in [-0.15, -0.1) is 0 Å². The predicted octanol–water partition coefficient (Wildman–Crippen LogP) is 12.0. The Morgan fingerprint density at radius 3 is 2.19 bits per heavy atom. The van der Waals surface area contributed by atoms with Crippen LogP contribution in [0.3, 0.4) is 0 Å². The molecule has 4 aromatic rings. The number of rotatable bonds is 18. The fraction of sp³-hybridized carbons (Fsp3) is 0.375. The molecule has 0 amide bonds. The van der Waals surface area contributed by atoms with Gasteiger partial charge in [-0.05, 0) is 122 Å². The van der Waals surface area contributed by atoms with Gasteiger partial charge in [-0.3, -0.25) is 0 Å². The zero-order valence-corrected chi connectivity index (χ0v) is 33.7. The molecule has 2 atom stereocenters. The molecule has 1 aliphatic heterocycles. The van der Waals surface area contributed by atoms with E-state index in [1.54, 1.807) is 11.8 Å².